The number of unbranched alkanes of at least 4 members (excludes halogenated alkanes) is 9. The normalized spacial score (nSPS) is 17.1. The van der Waals surface area contributed by atoms with Crippen LogP contribution in [0.1, 0.15) is 99.9 Å². The first-order valence-electron chi connectivity index (χ1n) is 11.5. The number of nitrogens with two attached hydrogens (primary N) is 1. The fourth-order valence-electron chi connectivity index (χ4n) is 4.18. The highest BCUT2D eigenvalue weighted by atomic mass is 16.4. The Balaban J connectivity index is 1.66. The van der Waals surface area contributed by atoms with E-state index in [2.05, 4.69) is 24.2 Å². The van der Waals surface area contributed by atoms with Gasteiger partial charge in [0.25, 0.3) is 5.91 Å². The minimum Gasteiger partial charge on any atom is -0.409 e. The fraction of sp³-hybridized carbons (Fsp3) is 0.667. The van der Waals surface area contributed by atoms with Crippen molar-refractivity contribution in [2.75, 3.05) is 6.54 Å². The summed E-state index contributed by atoms with van der Waals surface area (Å²) in [5, 5.41) is 12.0. The van der Waals surface area contributed by atoms with Gasteiger partial charge in [-0.3, -0.25) is 4.79 Å². The van der Waals surface area contributed by atoms with Crippen molar-refractivity contribution in [2.45, 2.75) is 96.4 Å². The first-order chi connectivity index (χ1) is 14.2. The SMILES string of the molecule is CCCCCCCCCCCCc1ccc(C(=O)N2CCC[C@H]2/C(N)=N/O)cc1. The number of rotatable bonds is 13. The van der Waals surface area contributed by atoms with Crippen molar-refractivity contribution in [2.24, 2.45) is 10.9 Å². The number of oxime groups is 1. The number of hydrogen-bond acceptors (Lipinski definition) is 3. The highest BCUT2D eigenvalue weighted by Crippen LogP contribution is 2.21. The molecule has 0 bridgehead atoms. The number of likely N-dealkylation sites (tertiary alicyclic amines) is 1. The smallest absolute Gasteiger partial charge is 0.254 e. The quantitative estimate of drug-likeness (QED) is 0.151. The van der Waals surface area contributed by atoms with Crippen molar-refractivity contribution in [3.8, 4) is 0 Å². The molecular formula is C24H39N3O2. The molecule has 2 rings (SSSR count). The zero-order chi connectivity index (χ0) is 20.9. The molecule has 1 saturated heterocycles. The summed E-state index contributed by atoms with van der Waals surface area (Å²) in [5.41, 5.74) is 7.70. The summed E-state index contributed by atoms with van der Waals surface area (Å²) in [6, 6.07) is 7.66. The van der Waals surface area contributed by atoms with Crippen LogP contribution in [0.3, 0.4) is 0 Å². The summed E-state index contributed by atoms with van der Waals surface area (Å²) < 4.78 is 0. The third-order valence-electron chi connectivity index (χ3n) is 5.99. The summed E-state index contributed by atoms with van der Waals surface area (Å²) >= 11 is 0. The molecule has 1 aliphatic heterocycles. The molecule has 0 aromatic heterocycles. The van der Waals surface area contributed by atoms with Gasteiger partial charge in [0.1, 0.15) is 0 Å². The van der Waals surface area contributed by atoms with Crippen molar-refractivity contribution in [3.63, 3.8) is 0 Å². The lowest BCUT2D eigenvalue weighted by Gasteiger charge is -2.23. The van der Waals surface area contributed by atoms with Gasteiger partial charge in [0.2, 0.25) is 0 Å². The van der Waals surface area contributed by atoms with Crippen molar-refractivity contribution in [1.29, 1.82) is 0 Å². The molecule has 0 radical (unpaired) electrons. The Morgan fingerprint density at radius 1 is 1.03 bits per heavy atom. The molecule has 5 nitrogen and oxygen atoms in total. The minimum absolute atomic E-state index is 0.0374. The summed E-state index contributed by atoms with van der Waals surface area (Å²) in [7, 11) is 0. The monoisotopic (exact) mass is 401 g/mol. The second-order valence-electron chi connectivity index (χ2n) is 8.31. The molecule has 1 aromatic rings. The molecule has 162 valence electrons. The van der Waals surface area contributed by atoms with Crippen LogP contribution in [0.2, 0.25) is 0 Å². The van der Waals surface area contributed by atoms with Crippen molar-refractivity contribution < 1.29 is 10.0 Å². The molecule has 1 atom stereocenters. The van der Waals surface area contributed by atoms with Crippen LogP contribution >= 0.6 is 0 Å². The zero-order valence-corrected chi connectivity index (χ0v) is 18.1. The van der Waals surface area contributed by atoms with Gasteiger partial charge in [-0.05, 0) is 43.4 Å². The highest BCUT2D eigenvalue weighted by Gasteiger charge is 2.32. The average molecular weight is 402 g/mol. The Labute approximate surface area is 176 Å². The number of amidine groups is 1. The molecule has 0 aliphatic carbocycles. The second-order valence-corrected chi connectivity index (χ2v) is 8.31. The van der Waals surface area contributed by atoms with Crippen LogP contribution in [0.25, 0.3) is 0 Å². The number of benzene rings is 1. The number of carbonyl (C=O) groups excluding carboxylic acids is 1. The van der Waals surface area contributed by atoms with E-state index in [4.69, 9.17) is 10.9 Å². The molecular weight excluding hydrogens is 362 g/mol. The van der Waals surface area contributed by atoms with Crippen LogP contribution in [0.15, 0.2) is 29.4 Å². The third-order valence-corrected chi connectivity index (χ3v) is 5.99. The van der Waals surface area contributed by atoms with Gasteiger partial charge < -0.3 is 15.8 Å². The molecule has 1 aromatic carbocycles. The van der Waals surface area contributed by atoms with Gasteiger partial charge in [0.15, 0.2) is 5.84 Å². The molecule has 1 heterocycles. The van der Waals surface area contributed by atoms with Gasteiger partial charge >= 0.3 is 0 Å². The Morgan fingerprint density at radius 2 is 1.62 bits per heavy atom. The van der Waals surface area contributed by atoms with E-state index in [1.807, 2.05) is 12.1 Å². The van der Waals surface area contributed by atoms with Crippen LogP contribution < -0.4 is 5.73 Å². The second kappa shape index (κ2) is 13.2. The molecule has 1 aliphatic rings. The first kappa shape index (κ1) is 23.2. The van der Waals surface area contributed by atoms with Crippen LogP contribution in [0.5, 0.6) is 0 Å². The molecule has 0 saturated carbocycles. The summed E-state index contributed by atoms with van der Waals surface area (Å²) in [5.74, 6) is 0.0815. The van der Waals surface area contributed by atoms with E-state index in [0.717, 1.165) is 19.3 Å². The number of nitrogens with zero attached hydrogens (tertiary/aromatic N) is 2. The molecule has 0 spiro atoms. The van der Waals surface area contributed by atoms with E-state index >= 15 is 0 Å². The van der Waals surface area contributed by atoms with Gasteiger partial charge in [-0.25, -0.2) is 0 Å². The summed E-state index contributed by atoms with van der Waals surface area (Å²) in [6.07, 6.45) is 16.1. The first-order valence-corrected chi connectivity index (χ1v) is 11.5. The van der Waals surface area contributed by atoms with Crippen LogP contribution in [0, 0.1) is 0 Å². The van der Waals surface area contributed by atoms with Crippen LogP contribution in [-0.4, -0.2) is 34.4 Å². The lowest BCUT2D eigenvalue weighted by Crippen LogP contribution is -2.43. The number of carbonyl (C=O) groups is 1. The predicted molar refractivity (Wildman–Crippen MR) is 119 cm³/mol. The van der Waals surface area contributed by atoms with Crippen LogP contribution in [-0.2, 0) is 6.42 Å². The molecule has 0 unspecified atom stereocenters. The Hall–Kier alpha value is -2.04. The summed E-state index contributed by atoms with van der Waals surface area (Å²) in [4.78, 5) is 14.5. The van der Waals surface area contributed by atoms with Gasteiger partial charge in [-0.1, -0.05) is 82.0 Å². The fourth-order valence-corrected chi connectivity index (χ4v) is 4.18. The maximum Gasteiger partial charge on any atom is 0.254 e. The zero-order valence-electron chi connectivity index (χ0n) is 18.1. The Morgan fingerprint density at radius 3 is 2.21 bits per heavy atom. The maximum absolute atomic E-state index is 12.8. The Bertz CT molecular complexity index is 628. The van der Waals surface area contributed by atoms with Gasteiger partial charge in [-0.15, -0.1) is 0 Å². The van der Waals surface area contributed by atoms with E-state index in [1.54, 1.807) is 4.90 Å². The van der Waals surface area contributed by atoms with E-state index in [-0.39, 0.29) is 17.8 Å². The van der Waals surface area contributed by atoms with Crippen molar-refractivity contribution >= 4 is 11.7 Å². The van der Waals surface area contributed by atoms with Gasteiger partial charge in [0.05, 0.1) is 6.04 Å². The molecule has 1 amide bonds. The van der Waals surface area contributed by atoms with Crippen molar-refractivity contribution in [3.05, 3.63) is 35.4 Å². The molecule has 3 N–H and O–H groups in total. The van der Waals surface area contributed by atoms with Crippen LogP contribution in [0.4, 0.5) is 0 Å². The molecule has 29 heavy (non-hydrogen) atoms. The van der Waals surface area contributed by atoms with Crippen molar-refractivity contribution in [1.82, 2.24) is 4.90 Å². The molecule has 5 heteroatoms. The molecule has 1 fully saturated rings. The number of hydrogen-bond donors (Lipinski definition) is 2. The predicted octanol–water partition coefficient (Wildman–Crippen LogP) is 5.50. The average Bonchev–Trinajstić information content (AvgIpc) is 3.24. The van der Waals surface area contributed by atoms with E-state index < -0.39 is 0 Å². The lowest BCUT2D eigenvalue weighted by atomic mass is 10.0. The summed E-state index contributed by atoms with van der Waals surface area (Å²) in [6.45, 7) is 2.92. The Kier molecular flexibility index (Phi) is 10.6. The van der Waals surface area contributed by atoms with E-state index in [9.17, 15) is 4.79 Å². The maximum atomic E-state index is 12.8. The standard InChI is InChI=1S/C24H39N3O2/c1-2-3-4-5-6-7-8-9-10-11-13-20-15-17-21(18-16-20)24(28)27-19-12-14-22(27)23(25)26-29/h15-18,22,29H,2-14,19H2,1H3,(H2,25,26)/t22-/m0/s1. The van der Waals surface area contributed by atoms with Gasteiger partial charge in [0, 0.05) is 12.1 Å². The topological polar surface area (TPSA) is 78.9 Å². The number of amides is 1. The highest BCUT2D eigenvalue weighted by molar-refractivity contribution is 5.98. The third kappa shape index (κ3) is 7.71. The number of aryl methyl sites for hydroxylation is 1. The largest absolute Gasteiger partial charge is 0.409 e. The lowest BCUT2D eigenvalue weighted by molar-refractivity contribution is 0.0768. The van der Waals surface area contributed by atoms with Gasteiger partial charge in [-0.2, -0.15) is 0 Å². The van der Waals surface area contributed by atoms with E-state index in [0.29, 0.717) is 12.1 Å². The van der Waals surface area contributed by atoms with E-state index in [1.165, 1.54) is 69.8 Å². The minimum atomic E-state index is -0.293.